The molecular weight excluding hydrogens is 442 g/mol. The van der Waals surface area contributed by atoms with Gasteiger partial charge in [0.1, 0.15) is 11.6 Å². The van der Waals surface area contributed by atoms with Gasteiger partial charge in [-0.25, -0.2) is 4.98 Å². The number of piperazine rings is 1. The zero-order chi connectivity index (χ0) is 24.3. The number of hydrogen-bond acceptors (Lipinski definition) is 7. The summed E-state index contributed by atoms with van der Waals surface area (Å²) in [5.41, 5.74) is 3.20. The molecule has 184 valence electrons. The van der Waals surface area contributed by atoms with Gasteiger partial charge < -0.3 is 25.0 Å². The van der Waals surface area contributed by atoms with E-state index >= 15 is 0 Å². The van der Waals surface area contributed by atoms with Crippen molar-refractivity contribution in [2.24, 2.45) is 0 Å². The Morgan fingerprint density at radius 3 is 2.80 bits per heavy atom. The molecule has 2 aromatic heterocycles. The maximum absolute atomic E-state index is 12.1. The van der Waals surface area contributed by atoms with Crippen LogP contribution in [0.15, 0.2) is 67.1 Å². The summed E-state index contributed by atoms with van der Waals surface area (Å²) in [6.45, 7) is 4.16. The van der Waals surface area contributed by atoms with E-state index in [1.165, 1.54) is 0 Å². The van der Waals surface area contributed by atoms with Crippen molar-refractivity contribution in [2.45, 2.75) is 25.4 Å². The first-order chi connectivity index (χ1) is 17.2. The number of aromatic nitrogens is 2. The monoisotopic (exact) mass is 475 g/mol. The summed E-state index contributed by atoms with van der Waals surface area (Å²) < 4.78 is 10.9. The highest BCUT2D eigenvalue weighted by molar-refractivity contribution is 5.76. The Morgan fingerprint density at radius 1 is 1.14 bits per heavy atom. The molecule has 0 aliphatic carbocycles. The van der Waals surface area contributed by atoms with Gasteiger partial charge in [-0.1, -0.05) is 18.2 Å². The molecule has 2 N–H and O–H groups in total. The lowest BCUT2D eigenvalue weighted by atomic mass is 10.1. The highest BCUT2D eigenvalue weighted by Gasteiger charge is 2.22. The highest BCUT2D eigenvalue weighted by Crippen LogP contribution is 2.28. The predicted octanol–water partition coefficient (Wildman–Crippen LogP) is 3.04. The van der Waals surface area contributed by atoms with Crippen LogP contribution in [-0.2, 0) is 16.1 Å². The number of methoxy groups -OCH3 is 1. The maximum Gasteiger partial charge on any atom is 0.222 e. The maximum atomic E-state index is 12.1. The number of anilines is 1. The van der Waals surface area contributed by atoms with Crippen LogP contribution in [0.3, 0.4) is 0 Å². The number of nitrogens with one attached hydrogen (secondary N) is 2. The van der Waals surface area contributed by atoms with Gasteiger partial charge in [-0.05, 0) is 42.3 Å². The smallest absolute Gasteiger partial charge is 0.222 e. The number of rotatable bonds is 11. The fraction of sp³-hybridized carbons (Fsp3) is 0.370. The first-order valence-corrected chi connectivity index (χ1v) is 12.0. The zero-order valence-electron chi connectivity index (χ0n) is 20.2. The Bertz CT molecular complexity index is 1060. The van der Waals surface area contributed by atoms with Crippen molar-refractivity contribution in [1.82, 2.24) is 20.6 Å². The average molecular weight is 476 g/mol. The minimum atomic E-state index is -0.0131. The minimum Gasteiger partial charge on any atom is -0.497 e. The molecule has 1 aromatic carbocycles. The van der Waals surface area contributed by atoms with Crippen molar-refractivity contribution < 1.29 is 14.3 Å². The molecule has 0 spiro atoms. The molecule has 8 nitrogen and oxygen atoms in total. The molecule has 3 heterocycles. The summed E-state index contributed by atoms with van der Waals surface area (Å²) >= 11 is 0. The molecule has 4 rings (SSSR count). The number of pyridine rings is 2. The summed E-state index contributed by atoms with van der Waals surface area (Å²) in [7, 11) is 1.64. The second-order valence-corrected chi connectivity index (χ2v) is 8.49. The standard InChI is InChI=1S/C27H33N5O3/c1-34-24-8-6-21(7-9-24)18-31-26(33)11-17-35-16-10-23-20-32(15-14-29-23)27-25(5-3-13-30-27)22-4-2-12-28-19-22/h2-9,12-13,19,23,29H,10-11,14-18,20H2,1H3,(H,31,33). The van der Waals surface area contributed by atoms with Gasteiger partial charge >= 0.3 is 0 Å². The zero-order valence-corrected chi connectivity index (χ0v) is 20.2. The average Bonchev–Trinajstić information content (AvgIpc) is 2.92. The molecule has 1 saturated heterocycles. The minimum absolute atomic E-state index is 0.0131. The summed E-state index contributed by atoms with van der Waals surface area (Å²) in [4.78, 5) is 23.4. The van der Waals surface area contributed by atoms with Crippen LogP contribution in [0.1, 0.15) is 18.4 Å². The van der Waals surface area contributed by atoms with Crippen LogP contribution in [0.4, 0.5) is 5.82 Å². The quantitative estimate of drug-likeness (QED) is 0.412. The molecule has 1 aliphatic heterocycles. The third-order valence-electron chi connectivity index (χ3n) is 6.05. The van der Waals surface area contributed by atoms with Crippen LogP contribution in [-0.4, -0.2) is 61.9 Å². The van der Waals surface area contributed by atoms with Crippen molar-refractivity contribution in [3.05, 3.63) is 72.7 Å². The van der Waals surface area contributed by atoms with Crippen LogP contribution in [0.25, 0.3) is 11.1 Å². The van der Waals surface area contributed by atoms with Crippen LogP contribution >= 0.6 is 0 Å². The van der Waals surface area contributed by atoms with Crippen molar-refractivity contribution in [3.63, 3.8) is 0 Å². The van der Waals surface area contributed by atoms with Gasteiger partial charge in [0.2, 0.25) is 5.91 Å². The molecular formula is C27H33N5O3. The lowest BCUT2D eigenvalue weighted by Crippen LogP contribution is -2.51. The van der Waals surface area contributed by atoms with Gasteiger partial charge in [-0.15, -0.1) is 0 Å². The summed E-state index contributed by atoms with van der Waals surface area (Å²) in [6, 6.07) is 16.0. The van der Waals surface area contributed by atoms with E-state index in [9.17, 15) is 4.79 Å². The van der Waals surface area contributed by atoms with Crippen molar-refractivity contribution >= 4 is 11.7 Å². The van der Waals surface area contributed by atoms with Gasteiger partial charge in [0, 0.05) is 75.0 Å². The fourth-order valence-electron chi connectivity index (χ4n) is 4.13. The van der Waals surface area contributed by atoms with E-state index in [-0.39, 0.29) is 5.91 Å². The van der Waals surface area contributed by atoms with E-state index < -0.39 is 0 Å². The topological polar surface area (TPSA) is 88.6 Å². The number of carbonyl (C=O) groups is 1. The van der Waals surface area contributed by atoms with Crippen LogP contribution < -0.4 is 20.3 Å². The van der Waals surface area contributed by atoms with Gasteiger partial charge in [0.25, 0.3) is 0 Å². The van der Waals surface area contributed by atoms with E-state index in [1.807, 2.05) is 48.8 Å². The summed E-state index contributed by atoms with van der Waals surface area (Å²) in [6.07, 6.45) is 6.73. The van der Waals surface area contributed by atoms with Gasteiger partial charge in [-0.3, -0.25) is 9.78 Å². The SMILES string of the molecule is COc1ccc(CNC(=O)CCOCCC2CN(c3ncccc3-c3cccnc3)CCN2)cc1. The Kier molecular flexibility index (Phi) is 9.03. The number of carbonyl (C=O) groups excluding carboxylic acids is 1. The molecule has 0 bridgehead atoms. The van der Waals surface area contributed by atoms with Gasteiger partial charge in [-0.2, -0.15) is 0 Å². The van der Waals surface area contributed by atoms with Gasteiger partial charge in [0.15, 0.2) is 0 Å². The number of benzene rings is 1. The Morgan fingerprint density at radius 2 is 2.00 bits per heavy atom. The van der Waals surface area contributed by atoms with E-state index in [1.54, 1.807) is 13.3 Å². The largest absolute Gasteiger partial charge is 0.497 e. The number of hydrogen-bond donors (Lipinski definition) is 2. The van der Waals surface area contributed by atoms with Crippen LogP contribution in [0.5, 0.6) is 5.75 Å². The molecule has 1 unspecified atom stereocenters. The number of nitrogens with zero attached hydrogens (tertiary/aromatic N) is 3. The van der Waals surface area contributed by atoms with Crippen molar-refractivity contribution in [1.29, 1.82) is 0 Å². The van der Waals surface area contributed by atoms with Gasteiger partial charge in [0.05, 0.1) is 13.7 Å². The predicted molar refractivity (Wildman–Crippen MR) is 136 cm³/mol. The molecule has 0 radical (unpaired) electrons. The molecule has 0 saturated carbocycles. The lowest BCUT2D eigenvalue weighted by molar-refractivity contribution is -0.122. The summed E-state index contributed by atoms with van der Waals surface area (Å²) in [5.74, 6) is 1.78. The molecule has 1 aliphatic rings. The number of ether oxygens (including phenoxy) is 2. The molecule has 3 aromatic rings. The molecule has 1 fully saturated rings. The number of amides is 1. The Hall–Kier alpha value is -3.49. The van der Waals surface area contributed by atoms with Crippen LogP contribution in [0.2, 0.25) is 0 Å². The third kappa shape index (κ3) is 7.24. The van der Waals surface area contributed by atoms with E-state index in [0.29, 0.717) is 32.2 Å². The normalized spacial score (nSPS) is 15.6. The van der Waals surface area contributed by atoms with Crippen molar-refractivity contribution in [3.8, 4) is 16.9 Å². The van der Waals surface area contributed by atoms with E-state index in [2.05, 4.69) is 37.6 Å². The fourth-order valence-corrected chi connectivity index (χ4v) is 4.13. The second-order valence-electron chi connectivity index (χ2n) is 8.49. The third-order valence-corrected chi connectivity index (χ3v) is 6.05. The molecule has 8 heteroatoms. The Labute approximate surface area is 206 Å². The lowest BCUT2D eigenvalue weighted by Gasteiger charge is -2.35. The molecule has 1 amide bonds. The Balaban J connectivity index is 1.17. The summed E-state index contributed by atoms with van der Waals surface area (Å²) in [5, 5.41) is 6.50. The first kappa shape index (κ1) is 24.6. The van der Waals surface area contributed by atoms with E-state index in [4.69, 9.17) is 9.47 Å². The van der Waals surface area contributed by atoms with Crippen molar-refractivity contribution in [2.75, 3.05) is 44.9 Å². The molecule has 35 heavy (non-hydrogen) atoms. The second kappa shape index (κ2) is 12.8. The highest BCUT2D eigenvalue weighted by atomic mass is 16.5. The first-order valence-electron chi connectivity index (χ1n) is 12.0. The van der Waals surface area contributed by atoms with E-state index in [0.717, 1.165) is 54.3 Å². The molecule has 1 atom stereocenters. The van der Waals surface area contributed by atoms with Crippen LogP contribution in [0, 0.1) is 0 Å².